The van der Waals surface area contributed by atoms with E-state index in [9.17, 15) is 9.90 Å². The van der Waals surface area contributed by atoms with E-state index < -0.39 is 0 Å². The van der Waals surface area contributed by atoms with Crippen LogP contribution in [0, 0.1) is 17.8 Å². The molecule has 0 heterocycles. The Morgan fingerprint density at radius 1 is 1.38 bits per heavy atom. The Labute approximate surface area is 78.1 Å². The number of aliphatic hydroxyl groups excluding tert-OH is 1. The Morgan fingerprint density at radius 2 is 2.08 bits per heavy atom. The number of fused-ring (bicyclic) bond motifs is 1. The quantitative estimate of drug-likeness (QED) is 0.617. The highest BCUT2D eigenvalue weighted by Crippen LogP contribution is 2.47. The average molecular weight is 184 g/mol. The van der Waals surface area contributed by atoms with E-state index in [1.54, 1.807) is 0 Å². The smallest absolute Gasteiger partial charge is 0.309 e. The first-order chi connectivity index (χ1) is 6.24. The highest BCUT2D eigenvalue weighted by atomic mass is 16.5. The number of rotatable bonds is 1. The number of carbonyl (C=O) groups excluding carboxylic acids is 1. The van der Waals surface area contributed by atoms with Crippen LogP contribution in [0.15, 0.2) is 0 Å². The molecule has 0 radical (unpaired) electrons. The molecule has 13 heavy (non-hydrogen) atoms. The van der Waals surface area contributed by atoms with Crippen molar-refractivity contribution in [3.63, 3.8) is 0 Å². The van der Waals surface area contributed by atoms with Gasteiger partial charge in [0.05, 0.1) is 19.1 Å². The topological polar surface area (TPSA) is 46.5 Å². The van der Waals surface area contributed by atoms with Crippen LogP contribution in [0.2, 0.25) is 0 Å². The van der Waals surface area contributed by atoms with Crippen molar-refractivity contribution in [1.82, 2.24) is 0 Å². The van der Waals surface area contributed by atoms with Gasteiger partial charge in [-0.15, -0.1) is 0 Å². The Bertz CT molecular complexity index is 214. The van der Waals surface area contributed by atoms with Crippen molar-refractivity contribution < 1.29 is 14.6 Å². The molecular weight excluding hydrogens is 168 g/mol. The van der Waals surface area contributed by atoms with E-state index in [-0.39, 0.29) is 18.0 Å². The molecule has 2 saturated carbocycles. The fraction of sp³-hybridized carbons (Fsp3) is 0.900. The maximum atomic E-state index is 11.4. The van der Waals surface area contributed by atoms with Crippen LogP contribution in [0.25, 0.3) is 0 Å². The maximum absolute atomic E-state index is 11.4. The molecule has 0 spiro atoms. The van der Waals surface area contributed by atoms with Crippen LogP contribution in [-0.4, -0.2) is 24.3 Å². The molecule has 4 atom stereocenters. The van der Waals surface area contributed by atoms with E-state index in [2.05, 4.69) is 0 Å². The summed E-state index contributed by atoms with van der Waals surface area (Å²) in [6.45, 7) is 0. The first-order valence-electron chi connectivity index (χ1n) is 5.00. The van der Waals surface area contributed by atoms with E-state index >= 15 is 0 Å². The summed E-state index contributed by atoms with van der Waals surface area (Å²) < 4.78 is 4.74. The first kappa shape index (κ1) is 9.00. The Morgan fingerprint density at radius 3 is 2.77 bits per heavy atom. The Hall–Kier alpha value is -0.570. The molecule has 0 aromatic heterocycles. The molecule has 2 rings (SSSR count). The summed E-state index contributed by atoms with van der Waals surface area (Å²) in [4.78, 5) is 11.4. The molecule has 2 fully saturated rings. The van der Waals surface area contributed by atoms with Crippen molar-refractivity contribution in [2.45, 2.75) is 31.8 Å². The predicted octanol–water partition coefficient (Wildman–Crippen LogP) is 0.956. The minimum absolute atomic E-state index is 0.0347. The summed E-state index contributed by atoms with van der Waals surface area (Å²) in [6.07, 6.45) is 3.67. The van der Waals surface area contributed by atoms with E-state index in [0.29, 0.717) is 18.3 Å². The molecular formula is C10H16O3. The van der Waals surface area contributed by atoms with Gasteiger partial charge in [-0.1, -0.05) is 6.42 Å². The van der Waals surface area contributed by atoms with E-state index in [4.69, 9.17) is 4.74 Å². The van der Waals surface area contributed by atoms with Crippen LogP contribution in [0.3, 0.4) is 0 Å². The summed E-state index contributed by atoms with van der Waals surface area (Å²) in [7, 11) is 1.43. The fourth-order valence-electron chi connectivity index (χ4n) is 3.03. The molecule has 0 aromatic carbocycles. The second kappa shape index (κ2) is 3.29. The van der Waals surface area contributed by atoms with Gasteiger partial charge < -0.3 is 9.84 Å². The van der Waals surface area contributed by atoms with Crippen molar-refractivity contribution in [3.8, 4) is 0 Å². The van der Waals surface area contributed by atoms with E-state index in [1.165, 1.54) is 7.11 Å². The van der Waals surface area contributed by atoms with Gasteiger partial charge in [-0.25, -0.2) is 0 Å². The molecule has 3 heteroatoms. The molecule has 3 nitrogen and oxygen atoms in total. The van der Waals surface area contributed by atoms with E-state index in [1.807, 2.05) is 0 Å². The zero-order valence-corrected chi connectivity index (χ0v) is 7.90. The molecule has 0 aliphatic heterocycles. The number of hydrogen-bond donors (Lipinski definition) is 1. The SMILES string of the molecule is COC(=O)C1CC(O)C2CCCC12. The number of methoxy groups -OCH3 is 1. The van der Waals surface area contributed by atoms with E-state index in [0.717, 1.165) is 19.3 Å². The molecule has 74 valence electrons. The summed E-state index contributed by atoms with van der Waals surface area (Å²) in [6, 6.07) is 0. The monoisotopic (exact) mass is 184 g/mol. The van der Waals surface area contributed by atoms with Gasteiger partial charge in [-0.3, -0.25) is 4.79 Å². The minimum Gasteiger partial charge on any atom is -0.469 e. The molecule has 4 unspecified atom stereocenters. The Balaban J connectivity index is 2.10. The number of ether oxygens (including phenoxy) is 1. The lowest BCUT2D eigenvalue weighted by Crippen LogP contribution is -2.20. The van der Waals surface area contributed by atoms with Crippen molar-refractivity contribution >= 4 is 5.97 Å². The number of hydrogen-bond acceptors (Lipinski definition) is 3. The lowest BCUT2D eigenvalue weighted by atomic mass is 9.92. The van der Waals surface area contributed by atoms with Crippen LogP contribution in [-0.2, 0) is 9.53 Å². The highest BCUT2D eigenvalue weighted by molar-refractivity contribution is 5.73. The second-order valence-electron chi connectivity index (χ2n) is 4.19. The third-order valence-electron chi connectivity index (χ3n) is 3.64. The average Bonchev–Trinajstić information content (AvgIpc) is 2.68. The second-order valence-corrected chi connectivity index (χ2v) is 4.19. The normalized spacial score (nSPS) is 43.2. The van der Waals surface area contributed by atoms with Crippen molar-refractivity contribution in [1.29, 1.82) is 0 Å². The van der Waals surface area contributed by atoms with Gasteiger partial charge in [0.15, 0.2) is 0 Å². The van der Waals surface area contributed by atoms with Crippen molar-refractivity contribution in [3.05, 3.63) is 0 Å². The van der Waals surface area contributed by atoms with Gasteiger partial charge >= 0.3 is 5.97 Å². The molecule has 0 bridgehead atoms. The van der Waals surface area contributed by atoms with Crippen molar-refractivity contribution in [2.24, 2.45) is 17.8 Å². The van der Waals surface area contributed by atoms with Gasteiger partial charge in [0.2, 0.25) is 0 Å². The first-order valence-corrected chi connectivity index (χ1v) is 5.00. The van der Waals surface area contributed by atoms with Crippen LogP contribution in [0.1, 0.15) is 25.7 Å². The number of aliphatic hydroxyl groups is 1. The van der Waals surface area contributed by atoms with Gasteiger partial charge in [-0.05, 0) is 31.1 Å². The maximum Gasteiger partial charge on any atom is 0.309 e. The summed E-state index contributed by atoms with van der Waals surface area (Å²) in [5, 5.41) is 9.71. The number of esters is 1. The van der Waals surface area contributed by atoms with Gasteiger partial charge in [0.25, 0.3) is 0 Å². The molecule has 0 saturated heterocycles. The van der Waals surface area contributed by atoms with Gasteiger partial charge in [-0.2, -0.15) is 0 Å². The van der Waals surface area contributed by atoms with Crippen LogP contribution < -0.4 is 0 Å². The lowest BCUT2D eigenvalue weighted by Gasteiger charge is -2.15. The predicted molar refractivity (Wildman–Crippen MR) is 47.0 cm³/mol. The molecule has 0 amide bonds. The molecule has 2 aliphatic carbocycles. The third kappa shape index (κ3) is 1.35. The van der Waals surface area contributed by atoms with Crippen molar-refractivity contribution in [2.75, 3.05) is 7.11 Å². The highest BCUT2D eigenvalue weighted by Gasteiger charge is 2.48. The summed E-state index contributed by atoms with van der Waals surface area (Å²) in [5.41, 5.74) is 0. The summed E-state index contributed by atoms with van der Waals surface area (Å²) in [5.74, 6) is 0.590. The molecule has 1 N–H and O–H groups in total. The molecule has 0 aromatic rings. The fourth-order valence-corrected chi connectivity index (χ4v) is 3.03. The molecule has 2 aliphatic rings. The van der Waals surface area contributed by atoms with Gasteiger partial charge in [0.1, 0.15) is 0 Å². The largest absolute Gasteiger partial charge is 0.469 e. The van der Waals surface area contributed by atoms with Crippen LogP contribution in [0.5, 0.6) is 0 Å². The van der Waals surface area contributed by atoms with Crippen LogP contribution in [0.4, 0.5) is 0 Å². The summed E-state index contributed by atoms with van der Waals surface area (Å²) >= 11 is 0. The standard InChI is InChI=1S/C10H16O3/c1-13-10(12)8-5-9(11)7-4-2-3-6(7)8/h6-9,11H,2-5H2,1H3. The number of carbonyl (C=O) groups is 1. The zero-order chi connectivity index (χ0) is 9.42. The Kier molecular flexibility index (Phi) is 2.28. The van der Waals surface area contributed by atoms with Crippen LogP contribution >= 0.6 is 0 Å². The zero-order valence-electron chi connectivity index (χ0n) is 7.90. The third-order valence-corrected chi connectivity index (χ3v) is 3.64. The minimum atomic E-state index is -0.267. The lowest BCUT2D eigenvalue weighted by molar-refractivity contribution is -0.146. The van der Waals surface area contributed by atoms with Gasteiger partial charge in [0, 0.05) is 0 Å².